The Labute approximate surface area is 137 Å². The van der Waals surface area contributed by atoms with Gasteiger partial charge in [0.15, 0.2) is 0 Å². The Morgan fingerprint density at radius 1 is 1.10 bits per heavy atom. The first-order chi connectivity index (χ1) is 9.33. The molecule has 2 fully saturated rings. The monoisotopic (exact) mass is 332 g/mol. The van der Waals surface area contributed by atoms with Gasteiger partial charge in [0.2, 0.25) is 5.91 Å². The van der Waals surface area contributed by atoms with Gasteiger partial charge in [-0.05, 0) is 32.2 Å². The highest BCUT2D eigenvalue weighted by Crippen LogP contribution is 2.37. The van der Waals surface area contributed by atoms with E-state index in [9.17, 15) is 4.79 Å². The van der Waals surface area contributed by atoms with Gasteiger partial charge in [0.1, 0.15) is 5.82 Å². The molecule has 2 heterocycles. The van der Waals surface area contributed by atoms with E-state index in [4.69, 9.17) is 0 Å². The van der Waals surface area contributed by atoms with E-state index in [-0.39, 0.29) is 36.8 Å². The van der Waals surface area contributed by atoms with Crippen molar-refractivity contribution < 1.29 is 4.79 Å². The Kier molecular flexibility index (Phi) is 7.35. The summed E-state index contributed by atoms with van der Waals surface area (Å²) in [6.07, 6.45) is 10.2. The molecule has 5 nitrogen and oxygen atoms in total. The Hall–Kier alpha value is -0.910. The van der Waals surface area contributed by atoms with Gasteiger partial charge in [-0.1, -0.05) is 12.8 Å². The molecule has 1 amide bonds. The molecule has 118 valence electrons. The molecular weight excluding hydrogens is 311 g/mol. The van der Waals surface area contributed by atoms with E-state index in [1.807, 2.05) is 0 Å². The van der Waals surface area contributed by atoms with E-state index in [1.165, 1.54) is 19.3 Å². The number of halogens is 2. The van der Waals surface area contributed by atoms with E-state index in [2.05, 4.69) is 20.6 Å². The fourth-order valence-electron chi connectivity index (χ4n) is 2.44. The second-order valence-corrected chi connectivity index (χ2v) is 5.45. The number of carbonyl (C=O) groups is 1. The molecule has 0 aromatic carbocycles. The summed E-state index contributed by atoms with van der Waals surface area (Å²) in [6, 6.07) is -0.0781. The predicted octanol–water partition coefficient (Wildman–Crippen LogP) is 2.67. The number of rotatable bonds is 3. The highest BCUT2D eigenvalue weighted by molar-refractivity contribution is 5.94. The number of nitrogens with one attached hydrogen (secondary N) is 2. The number of amides is 1. The molecule has 7 heteroatoms. The third kappa shape index (κ3) is 5.09. The third-order valence-electron chi connectivity index (χ3n) is 3.76. The molecule has 2 N–H and O–H groups in total. The molecular formula is C14H22Cl2N4O. The van der Waals surface area contributed by atoms with Crippen molar-refractivity contribution in [3.8, 4) is 0 Å². The molecule has 1 atom stereocenters. The van der Waals surface area contributed by atoms with Crippen LogP contribution in [0.3, 0.4) is 0 Å². The summed E-state index contributed by atoms with van der Waals surface area (Å²) in [7, 11) is 0. The summed E-state index contributed by atoms with van der Waals surface area (Å²) in [5, 5.41) is 6.19. The lowest BCUT2D eigenvalue weighted by atomic mass is 10.1. The summed E-state index contributed by atoms with van der Waals surface area (Å²) in [5.74, 6) is 1.49. The minimum absolute atomic E-state index is 0. The number of anilines is 1. The largest absolute Gasteiger partial charge is 0.322 e. The Morgan fingerprint density at radius 3 is 2.48 bits per heavy atom. The van der Waals surface area contributed by atoms with Crippen molar-refractivity contribution in [3.63, 3.8) is 0 Å². The topological polar surface area (TPSA) is 66.9 Å². The average Bonchev–Trinajstić information content (AvgIpc) is 3.26. The highest BCUT2D eigenvalue weighted by Gasteiger charge is 2.26. The minimum Gasteiger partial charge on any atom is -0.322 e. The smallest absolute Gasteiger partial charge is 0.241 e. The van der Waals surface area contributed by atoms with Gasteiger partial charge in [-0.3, -0.25) is 4.79 Å². The Morgan fingerprint density at radius 2 is 1.81 bits per heavy atom. The molecule has 1 saturated carbocycles. The van der Waals surface area contributed by atoms with Crippen molar-refractivity contribution in [1.29, 1.82) is 0 Å². The minimum atomic E-state index is -0.0781. The summed E-state index contributed by atoms with van der Waals surface area (Å²) in [6.45, 7) is 0.926. The Balaban J connectivity index is 0.00000110. The highest BCUT2D eigenvalue weighted by atomic mass is 35.5. The zero-order chi connectivity index (χ0) is 13.1. The molecule has 1 aliphatic carbocycles. The second kappa shape index (κ2) is 8.51. The van der Waals surface area contributed by atoms with Crippen LogP contribution in [0.2, 0.25) is 0 Å². The van der Waals surface area contributed by atoms with Gasteiger partial charge < -0.3 is 10.6 Å². The van der Waals surface area contributed by atoms with Gasteiger partial charge in [0.25, 0.3) is 0 Å². The van der Waals surface area contributed by atoms with Crippen LogP contribution in [0, 0.1) is 0 Å². The fraction of sp³-hybridized carbons (Fsp3) is 0.643. The maximum Gasteiger partial charge on any atom is 0.241 e. The first kappa shape index (κ1) is 18.1. The molecule has 2 aliphatic rings. The number of hydrogen-bond acceptors (Lipinski definition) is 4. The predicted molar refractivity (Wildman–Crippen MR) is 87.4 cm³/mol. The molecule has 1 saturated heterocycles. The molecule has 1 aromatic rings. The van der Waals surface area contributed by atoms with Crippen molar-refractivity contribution in [3.05, 3.63) is 18.2 Å². The number of nitrogens with zero attached hydrogens (tertiary/aromatic N) is 2. The van der Waals surface area contributed by atoms with Crippen LogP contribution in [-0.4, -0.2) is 28.5 Å². The van der Waals surface area contributed by atoms with Crippen LogP contribution in [0.4, 0.5) is 5.69 Å². The zero-order valence-electron chi connectivity index (χ0n) is 11.9. The molecule has 0 radical (unpaired) electrons. The normalized spacial score (nSPS) is 21.4. The van der Waals surface area contributed by atoms with Crippen LogP contribution in [-0.2, 0) is 4.79 Å². The fourth-order valence-corrected chi connectivity index (χ4v) is 2.44. The van der Waals surface area contributed by atoms with Crippen LogP contribution in [0.25, 0.3) is 0 Å². The van der Waals surface area contributed by atoms with Crippen molar-refractivity contribution in [1.82, 2.24) is 15.3 Å². The van der Waals surface area contributed by atoms with Crippen LogP contribution >= 0.6 is 24.8 Å². The quantitative estimate of drug-likeness (QED) is 0.892. The maximum atomic E-state index is 12.1. The van der Waals surface area contributed by atoms with E-state index in [1.54, 1.807) is 12.4 Å². The van der Waals surface area contributed by atoms with Gasteiger partial charge in [0.05, 0.1) is 24.1 Å². The van der Waals surface area contributed by atoms with Crippen LogP contribution in [0.15, 0.2) is 12.4 Å². The van der Waals surface area contributed by atoms with E-state index in [0.29, 0.717) is 11.6 Å². The van der Waals surface area contributed by atoms with Crippen molar-refractivity contribution in [2.45, 2.75) is 50.5 Å². The zero-order valence-corrected chi connectivity index (χ0v) is 13.5. The van der Waals surface area contributed by atoms with Crippen LogP contribution < -0.4 is 10.6 Å². The molecule has 21 heavy (non-hydrogen) atoms. The van der Waals surface area contributed by atoms with Gasteiger partial charge in [-0.2, -0.15) is 0 Å². The maximum absolute atomic E-state index is 12.1. The first-order valence-electron chi connectivity index (χ1n) is 7.19. The van der Waals surface area contributed by atoms with Crippen molar-refractivity contribution >= 4 is 36.4 Å². The van der Waals surface area contributed by atoms with Crippen LogP contribution in [0.1, 0.15) is 50.3 Å². The second-order valence-electron chi connectivity index (χ2n) is 5.45. The summed E-state index contributed by atoms with van der Waals surface area (Å²) >= 11 is 0. The summed E-state index contributed by atoms with van der Waals surface area (Å²) in [4.78, 5) is 20.7. The molecule has 3 rings (SSSR count). The van der Waals surface area contributed by atoms with Gasteiger partial charge in [0, 0.05) is 5.92 Å². The lowest BCUT2D eigenvalue weighted by Gasteiger charge is -2.15. The number of hydrogen-bond donors (Lipinski definition) is 2. The van der Waals surface area contributed by atoms with Gasteiger partial charge in [-0.15, -0.1) is 24.8 Å². The third-order valence-corrected chi connectivity index (χ3v) is 3.76. The molecule has 0 bridgehead atoms. The van der Waals surface area contributed by atoms with Crippen LogP contribution in [0.5, 0.6) is 0 Å². The number of carbonyl (C=O) groups excluding carboxylic acids is 1. The summed E-state index contributed by atoms with van der Waals surface area (Å²) in [5.41, 5.74) is 0.695. The van der Waals surface area contributed by atoms with E-state index in [0.717, 1.165) is 31.6 Å². The Bertz CT molecular complexity index is 443. The average molecular weight is 333 g/mol. The first-order valence-corrected chi connectivity index (χ1v) is 7.19. The van der Waals surface area contributed by atoms with E-state index >= 15 is 0 Å². The van der Waals surface area contributed by atoms with Gasteiger partial charge in [-0.25, -0.2) is 9.97 Å². The van der Waals surface area contributed by atoms with E-state index < -0.39 is 0 Å². The molecule has 1 aliphatic heterocycles. The lowest BCUT2D eigenvalue weighted by molar-refractivity contribution is -0.118. The van der Waals surface area contributed by atoms with Gasteiger partial charge >= 0.3 is 0 Å². The summed E-state index contributed by atoms with van der Waals surface area (Å²) < 4.78 is 0. The number of aromatic nitrogens is 2. The molecule has 0 spiro atoms. The van der Waals surface area contributed by atoms with Crippen molar-refractivity contribution in [2.75, 3.05) is 11.9 Å². The molecule has 0 unspecified atom stereocenters. The molecule has 1 aromatic heterocycles. The van der Waals surface area contributed by atoms with Crippen molar-refractivity contribution in [2.24, 2.45) is 0 Å². The standard InChI is InChI=1S/C14H20N4O.2ClH/c19-14(12-4-2-1-3-7-15-12)18-11-8-16-13(17-9-11)10-5-6-10;;/h8-10,12,15H,1-7H2,(H,18,19);2*1H/t12-;;/m1../s1. The SMILES string of the molecule is Cl.Cl.O=C(Nc1cnc(C2CC2)nc1)[C@H]1CCCCCN1. The lowest BCUT2D eigenvalue weighted by Crippen LogP contribution is -2.39.